The molecule has 2 rings (SSSR count). The number of hydrogen-bond acceptors (Lipinski definition) is 4. The first-order valence-corrected chi connectivity index (χ1v) is 8.31. The van der Waals surface area contributed by atoms with Crippen molar-refractivity contribution in [3.05, 3.63) is 35.9 Å². The Morgan fingerprint density at radius 1 is 1.25 bits per heavy atom. The molecule has 0 heterocycles. The van der Waals surface area contributed by atoms with Gasteiger partial charge < -0.3 is 15.4 Å². The molecular weight excluding hydrogens is 306 g/mol. The second-order valence-corrected chi connectivity index (χ2v) is 6.02. The van der Waals surface area contributed by atoms with Gasteiger partial charge in [0.2, 0.25) is 5.91 Å². The molecule has 0 spiro atoms. The zero-order chi connectivity index (χ0) is 17.2. The molecule has 0 saturated heterocycles. The van der Waals surface area contributed by atoms with Gasteiger partial charge in [-0.3, -0.25) is 4.79 Å². The molecule has 0 bridgehead atoms. The first-order valence-electron chi connectivity index (χ1n) is 8.31. The number of amides is 2. The number of nitriles is 1. The third-order valence-electron chi connectivity index (χ3n) is 4.21. The molecule has 2 N–H and O–H groups in total. The Bertz CT molecular complexity index is 577. The van der Waals surface area contributed by atoms with Crippen LogP contribution in [0, 0.1) is 17.2 Å². The fourth-order valence-corrected chi connectivity index (χ4v) is 2.97. The minimum absolute atomic E-state index is 0.0687. The van der Waals surface area contributed by atoms with Gasteiger partial charge in [-0.05, 0) is 17.9 Å². The van der Waals surface area contributed by atoms with Crippen molar-refractivity contribution in [2.45, 2.75) is 44.8 Å². The van der Waals surface area contributed by atoms with Gasteiger partial charge in [0.15, 0.2) is 0 Å². The SMILES string of the molecule is N#CCNC(=O)C(CC1CCCC1)NC(=O)OCc1ccccc1. The number of benzene rings is 1. The smallest absolute Gasteiger partial charge is 0.408 e. The number of hydrogen-bond donors (Lipinski definition) is 2. The summed E-state index contributed by atoms with van der Waals surface area (Å²) >= 11 is 0. The third-order valence-corrected chi connectivity index (χ3v) is 4.21. The molecule has 1 fully saturated rings. The average Bonchev–Trinajstić information content (AvgIpc) is 3.11. The van der Waals surface area contributed by atoms with Crippen molar-refractivity contribution in [2.75, 3.05) is 6.54 Å². The molecule has 128 valence electrons. The lowest BCUT2D eigenvalue weighted by Crippen LogP contribution is -2.47. The lowest BCUT2D eigenvalue weighted by Gasteiger charge is -2.20. The van der Waals surface area contributed by atoms with Crippen molar-refractivity contribution >= 4 is 12.0 Å². The van der Waals surface area contributed by atoms with Gasteiger partial charge in [0, 0.05) is 0 Å². The maximum atomic E-state index is 12.2. The molecule has 24 heavy (non-hydrogen) atoms. The number of carbonyl (C=O) groups is 2. The maximum Gasteiger partial charge on any atom is 0.408 e. The summed E-state index contributed by atoms with van der Waals surface area (Å²) < 4.78 is 5.18. The van der Waals surface area contributed by atoms with Gasteiger partial charge in [-0.25, -0.2) is 4.79 Å². The Kier molecular flexibility index (Phi) is 7.09. The van der Waals surface area contributed by atoms with E-state index in [-0.39, 0.29) is 19.1 Å². The lowest BCUT2D eigenvalue weighted by molar-refractivity contribution is -0.123. The monoisotopic (exact) mass is 329 g/mol. The van der Waals surface area contributed by atoms with Gasteiger partial charge >= 0.3 is 6.09 Å². The zero-order valence-corrected chi connectivity index (χ0v) is 13.7. The minimum Gasteiger partial charge on any atom is -0.445 e. The lowest BCUT2D eigenvalue weighted by atomic mass is 9.98. The van der Waals surface area contributed by atoms with Gasteiger partial charge in [-0.15, -0.1) is 0 Å². The molecule has 1 aliphatic carbocycles. The van der Waals surface area contributed by atoms with E-state index in [1.807, 2.05) is 36.4 Å². The van der Waals surface area contributed by atoms with E-state index in [0.717, 1.165) is 31.2 Å². The summed E-state index contributed by atoms with van der Waals surface area (Å²) in [5, 5.41) is 13.8. The summed E-state index contributed by atoms with van der Waals surface area (Å²) in [5.41, 5.74) is 0.883. The van der Waals surface area contributed by atoms with Crippen molar-refractivity contribution in [3.63, 3.8) is 0 Å². The molecule has 0 aliphatic heterocycles. The van der Waals surface area contributed by atoms with Gasteiger partial charge in [-0.2, -0.15) is 5.26 Å². The predicted molar refractivity (Wildman–Crippen MR) is 88.7 cm³/mol. The largest absolute Gasteiger partial charge is 0.445 e. The summed E-state index contributed by atoms with van der Waals surface area (Å²) in [6.45, 7) is 0.0867. The van der Waals surface area contributed by atoms with Crippen LogP contribution in [0.2, 0.25) is 0 Å². The van der Waals surface area contributed by atoms with Crippen molar-refractivity contribution < 1.29 is 14.3 Å². The molecule has 2 amide bonds. The Morgan fingerprint density at radius 2 is 1.96 bits per heavy atom. The van der Waals surface area contributed by atoms with Gasteiger partial charge in [-0.1, -0.05) is 56.0 Å². The van der Waals surface area contributed by atoms with E-state index in [4.69, 9.17) is 10.00 Å². The van der Waals surface area contributed by atoms with Crippen LogP contribution >= 0.6 is 0 Å². The molecule has 1 aliphatic rings. The third kappa shape index (κ3) is 5.92. The van der Waals surface area contributed by atoms with Crippen molar-refractivity contribution in [1.82, 2.24) is 10.6 Å². The highest BCUT2D eigenvalue weighted by molar-refractivity contribution is 5.85. The van der Waals surface area contributed by atoms with Gasteiger partial charge in [0.05, 0.1) is 6.07 Å². The fourth-order valence-electron chi connectivity index (χ4n) is 2.97. The Morgan fingerprint density at radius 3 is 2.62 bits per heavy atom. The standard InChI is InChI=1S/C18H23N3O3/c19-10-11-20-17(22)16(12-14-6-4-5-7-14)21-18(23)24-13-15-8-2-1-3-9-15/h1-3,8-9,14,16H,4-7,11-13H2,(H,20,22)(H,21,23). The average molecular weight is 329 g/mol. The second kappa shape index (κ2) is 9.56. The van der Waals surface area contributed by atoms with Crippen LogP contribution in [0.25, 0.3) is 0 Å². The Hall–Kier alpha value is -2.55. The Labute approximate surface area is 142 Å². The molecule has 6 nitrogen and oxygen atoms in total. The minimum atomic E-state index is -0.662. The number of carbonyl (C=O) groups excluding carboxylic acids is 2. The molecule has 1 aromatic rings. The zero-order valence-electron chi connectivity index (χ0n) is 13.7. The molecule has 0 aromatic heterocycles. The number of nitrogens with zero attached hydrogens (tertiary/aromatic N) is 1. The predicted octanol–water partition coefficient (Wildman–Crippen LogP) is 2.50. The fraction of sp³-hybridized carbons (Fsp3) is 0.500. The van der Waals surface area contributed by atoms with E-state index < -0.39 is 12.1 Å². The van der Waals surface area contributed by atoms with Crippen molar-refractivity contribution in [3.8, 4) is 6.07 Å². The highest BCUT2D eigenvalue weighted by atomic mass is 16.5. The quantitative estimate of drug-likeness (QED) is 0.752. The summed E-state index contributed by atoms with van der Waals surface area (Å²) in [7, 11) is 0. The van der Waals surface area contributed by atoms with E-state index in [9.17, 15) is 9.59 Å². The summed E-state index contributed by atoms with van der Waals surface area (Å²) in [4.78, 5) is 24.2. The molecule has 0 radical (unpaired) electrons. The van der Waals surface area contributed by atoms with Gasteiger partial charge in [0.25, 0.3) is 0 Å². The van der Waals surface area contributed by atoms with Crippen molar-refractivity contribution in [1.29, 1.82) is 5.26 Å². The van der Waals surface area contributed by atoms with E-state index in [0.29, 0.717) is 12.3 Å². The second-order valence-electron chi connectivity index (χ2n) is 6.02. The molecule has 1 atom stereocenters. The van der Waals surface area contributed by atoms with Gasteiger partial charge in [0.1, 0.15) is 19.2 Å². The van der Waals surface area contributed by atoms with Crippen LogP contribution < -0.4 is 10.6 Å². The maximum absolute atomic E-state index is 12.2. The van der Waals surface area contributed by atoms with E-state index in [2.05, 4.69) is 10.6 Å². The van der Waals surface area contributed by atoms with Crippen LogP contribution in [0.15, 0.2) is 30.3 Å². The number of nitrogens with one attached hydrogen (secondary N) is 2. The normalized spacial score (nSPS) is 15.3. The summed E-state index contributed by atoms with van der Waals surface area (Å²) in [6.07, 6.45) is 4.43. The molecule has 1 unspecified atom stereocenters. The number of rotatable bonds is 7. The van der Waals surface area contributed by atoms with Crippen LogP contribution in [0.3, 0.4) is 0 Å². The first kappa shape index (κ1) is 17.8. The highest BCUT2D eigenvalue weighted by Gasteiger charge is 2.26. The molecule has 1 saturated carbocycles. The Balaban J connectivity index is 1.86. The molecule has 6 heteroatoms. The number of ether oxygens (including phenoxy) is 1. The van der Waals surface area contributed by atoms with Crippen LogP contribution in [0.1, 0.15) is 37.7 Å². The van der Waals surface area contributed by atoms with Crippen LogP contribution in [0.4, 0.5) is 4.79 Å². The molecular formula is C18H23N3O3. The molecule has 1 aromatic carbocycles. The summed E-state index contributed by atoms with van der Waals surface area (Å²) in [6, 6.07) is 10.6. The van der Waals surface area contributed by atoms with Crippen LogP contribution in [-0.4, -0.2) is 24.6 Å². The van der Waals surface area contributed by atoms with E-state index in [1.54, 1.807) is 0 Å². The first-order chi connectivity index (χ1) is 11.7. The van der Waals surface area contributed by atoms with E-state index >= 15 is 0 Å². The highest BCUT2D eigenvalue weighted by Crippen LogP contribution is 2.28. The summed E-state index contributed by atoms with van der Waals surface area (Å²) in [5.74, 6) is 0.0948. The van der Waals surface area contributed by atoms with E-state index in [1.165, 1.54) is 0 Å². The number of alkyl carbamates (subject to hydrolysis) is 1. The topological polar surface area (TPSA) is 91.2 Å². The van der Waals surface area contributed by atoms with Crippen LogP contribution in [-0.2, 0) is 16.1 Å². The van der Waals surface area contributed by atoms with Crippen molar-refractivity contribution in [2.24, 2.45) is 5.92 Å². The van der Waals surface area contributed by atoms with Crippen LogP contribution in [0.5, 0.6) is 0 Å².